The van der Waals surface area contributed by atoms with Crippen molar-refractivity contribution < 1.29 is 14.0 Å². The molecule has 2 aromatic carbocycles. The molecule has 2 heterocycles. The van der Waals surface area contributed by atoms with Gasteiger partial charge in [0, 0.05) is 57.7 Å². The third-order valence-electron chi connectivity index (χ3n) is 6.66. The molecule has 2 N–H and O–H groups in total. The summed E-state index contributed by atoms with van der Waals surface area (Å²) >= 11 is 5.76. The van der Waals surface area contributed by atoms with Crippen molar-refractivity contribution in [2.24, 2.45) is 0 Å². The summed E-state index contributed by atoms with van der Waals surface area (Å²) in [7, 11) is 4.22. The van der Waals surface area contributed by atoms with E-state index < -0.39 is 17.6 Å². The van der Waals surface area contributed by atoms with E-state index in [-0.39, 0.29) is 16.8 Å². The first-order chi connectivity index (χ1) is 16.3. The summed E-state index contributed by atoms with van der Waals surface area (Å²) < 4.78 is 13.4. The number of amides is 2. The van der Waals surface area contributed by atoms with Crippen LogP contribution in [-0.2, 0) is 16.0 Å². The van der Waals surface area contributed by atoms with Crippen molar-refractivity contribution in [1.82, 2.24) is 15.1 Å². The van der Waals surface area contributed by atoms with E-state index in [4.69, 9.17) is 11.6 Å². The summed E-state index contributed by atoms with van der Waals surface area (Å²) in [5, 5.41) is 5.16. The number of anilines is 2. The summed E-state index contributed by atoms with van der Waals surface area (Å²) in [5.41, 5.74) is 3.99. The highest BCUT2D eigenvalue weighted by molar-refractivity contribution is 6.39. The maximum Gasteiger partial charge on any atom is 0.313 e. The van der Waals surface area contributed by atoms with E-state index in [0.29, 0.717) is 6.54 Å². The van der Waals surface area contributed by atoms with Crippen molar-refractivity contribution in [3.05, 3.63) is 58.4 Å². The molecule has 2 aliphatic heterocycles. The summed E-state index contributed by atoms with van der Waals surface area (Å²) in [6, 6.07) is 10.3. The Bertz CT molecular complexity index is 1060. The first kappa shape index (κ1) is 24.4. The molecule has 2 aromatic rings. The minimum absolute atomic E-state index is 0.0387. The van der Waals surface area contributed by atoms with Crippen LogP contribution >= 0.6 is 11.6 Å². The minimum atomic E-state index is -0.813. The van der Waals surface area contributed by atoms with Crippen LogP contribution in [0.15, 0.2) is 36.4 Å². The van der Waals surface area contributed by atoms with Gasteiger partial charge in [0.15, 0.2) is 0 Å². The Labute approximate surface area is 204 Å². The molecule has 2 amide bonds. The molecule has 34 heavy (non-hydrogen) atoms. The molecule has 0 spiro atoms. The Morgan fingerprint density at radius 2 is 1.79 bits per heavy atom. The number of carbonyl (C=O) groups excluding carboxylic acids is 2. The normalized spacial score (nSPS) is 17.7. The Hall–Kier alpha value is -2.68. The Kier molecular flexibility index (Phi) is 7.70. The zero-order chi connectivity index (χ0) is 24.2. The quantitative estimate of drug-likeness (QED) is 0.635. The molecular formula is C25H31ClFN5O2. The van der Waals surface area contributed by atoms with Gasteiger partial charge >= 0.3 is 11.8 Å². The fourth-order valence-electron chi connectivity index (χ4n) is 4.64. The van der Waals surface area contributed by atoms with Crippen LogP contribution in [0.4, 0.5) is 15.8 Å². The second-order valence-corrected chi connectivity index (χ2v) is 9.47. The van der Waals surface area contributed by atoms with E-state index in [1.807, 2.05) is 0 Å². The first-order valence-electron chi connectivity index (χ1n) is 11.6. The molecule has 182 valence electrons. The largest absolute Gasteiger partial charge is 0.374 e. The molecule has 2 aliphatic rings. The smallest absolute Gasteiger partial charge is 0.313 e. The highest BCUT2D eigenvalue weighted by Crippen LogP contribution is 2.31. The lowest BCUT2D eigenvalue weighted by Gasteiger charge is -2.39. The second kappa shape index (κ2) is 10.7. The molecule has 1 atom stereocenters. The van der Waals surface area contributed by atoms with Gasteiger partial charge in [-0.1, -0.05) is 23.7 Å². The SMILES string of the molecule is CN1CCN([C@H](CNC(=O)C(=O)Nc2ccc(F)c(Cl)c2)c2ccc3c(c2)CCCN3C)CC1. The monoisotopic (exact) mass is 487 g/mol. The lowest BCUT2D eigenvalue weighted by atomic mass is 9.95. The van der Waals surface area contributed by atoms with Gasteiger partial charge in [-0.3, -0.25) is 14.5 Å². The van der Waals surface area contributed by atoms with E-state index in [1.165, 1.54) is 23.4 Å². The van der Waals surface area contributed by atoms with Crippen molar-refractivity contribution >= 4 is 34.8 Å². The van der Waals surface area contributed by atoms with Crippen LogP contribution in [0.3, 0.4) is 0 Å². The number of nitrogens with one attached hydrogen (secondary N) is 2. The molecule has 0 radical (unpaired) electrons. The summed E-state index contributed by atoms with van der Waals surface area (Å²) in [6.07, 6.45) is 2.16. The fourth-order valence-corrected chi connectivity index (χ4v) is 4.82. The molecule has 0 unspecified atom stereocenters. The molecule has 1 fully saturated rings. The molecule has 7 nitrogen and oxygen atoms in total. The van der Waals surface area contributed by atoms with Crippen molar-refractivity contribution in [3.8, 4) is 0 Å². The van der Waals surface area contributed by atoms with Gasteiger partial charge in [-0.15, -0.1) is 0 Å². The van der Waals surface area contributed by atoms with E-state index >= 15 is 0 Å². The number of hydrogen-bond acceptors (Lipinski definition) is 5. The number of rotatable bonds is 5. The van der Waals surface area contributed by atoms with Gasteiger partial charge in [-0.2, -0.15) is 0 Å². The van der Waals surface area contributed by atoms with E-state index in [1.54, 1.807) is 0 Å². The number of piperazine rings is 1. The average molecular weight is 488 g/mol. The van der Waals surface area contributed by atoms with Gasteiger partial charge in [0.2, 0.25) is 0 Å². The first-order valence-corrected chi connectivity index (χ1v) is 12.0. The number of fused-ring (bicyclic) bond motifs is 1. The molecule has 0 aromatic heterocycles. The summed E-state index contributed by atoms with van der Waals surface area (Å²) in [5.74, 6) is -2.14. The van der Waals surface area contributed by atoms with Gasteiger partial charge in [-0.05, 0) is 55.3 Å². The highest BCUT2D eigenvalue weighted by Gasteiger charge is 2.27. The lowest BCUT2D eigenvalue weighted by molar-refractivity contribution is -0.136. The predicted molar refractivity (Wildman–Crippen MR) is 133 cm³/mol. The number of carbonyl (C=O) groups is 2. The molecule has 1 saturated heterocycles. The zero-order valence-electron chi connectivity index (χ0n) is 19.6. The lowest BCUT2D eigenvalue weighted by Crippen LogP contribution is -2.49. The molecular weight excluding hydrogens is 457 g/mol. The molecule has 0 saturated carbocycles. The number of likely N-dealkylation sites (N-methyl/N-ethyl adjacent to an activating group) is 1. The number of benzene rings is 2. The van der Waals surface area contributed by atoms with Gasteiger partial charge in [-0.25, -0.2) is 4.39 Å². The summed E-state index contributed by atoms with van der Waals surface area (Å²) in [4.78, 5) is 31.9. The van der Waals surface area contributed by atoms with E-state index in [2.05, 4.69) is 57.6 Å². The van der Waals surface area contributed by atoms with Crippen molar-refractivity contribution in [2.75, 3.05) is 63.6 Å². The number of aryl methyl sites for hydroxylation is 1. The highest BCUT2D eigenvalue weighted by atomic mass is 35.5. The third kappa shape index (κ3) is 5.68. The van der Waals surface area contributed by atoms with Crippen LogP contribution in [0.5, 0.6) is 0 Å². The third-order valence-corrected chi connectivity index (χ3v) is 6.95. The topological polar surface area (TPSA) is 67.9 Å². The standard InChI is InChI=1S/C25H31ClFN5O2/c1-30-10-12-32(13-11-30)23(18-5-8-22-17(14-18)4-3-9-31(22)2)16-28-24(33)25(34)29-19-6-7-21(27)20(26)15-19/h5-8,14-15,23H,3-4,9-13,16H2,1-2H3,(H,28,33)(H,29,34)/t23-/m1/s1. The number of hydrogen-bond donors (Lipinski definition) is 2. The minimum Gasteiger partial charge on any atom is -0.374 e. The van der Waals surface area contributed by atoms with Gasteiger partial charge in [0.25, 0.3) is 0 Å². The Balaban J connectivity index is 1.47. The van der Waals surface area contributed by atoms with Crippen LogP contribution in [-0.4, -0.2) is 75.0 Å². The van der Waals surface area contributed by atoms with Crippen molar-refractivity contribution in [1.29, 1.82) is 0 Å². The molecule has 9 heteroatoms. The van der Waals surface area contributed by atoms with Crippen LogP contribution in [0.25, 0.3) is 0 Å². The average Bonchev–Trinajstić information content (AvgIpc) is 2.82. The van der Waals surface area contributed by atoms with Gasteiger partial charge in [0.05, 0.1) is 11.1 Å². The Morgan fingerprint density at radius 1 is 1.03 bits per heavy atom. The van der Waals surface area contributed by atoms with E-state index in [0.717, 1.165) is 57.2 Å². The van der Waals surface area contributed by atoms with Crippen molar-refractivity contribution in [2.45, 2.75) is 18.9 Å². The molecule has 0 aliphatic carbocycles. The van der Waals surface area contributed by atoms with Crippen LogP contribution in [0.1, 0.15) is 23.6 Å². The fraction of sp³-hybridized carbons (Fsp3) is 0.440. The number of nitrogens with zero attached hydrogens (tertiary/aromatic N) is 3. The molecule has 0 bridgehead atoms. The molecule has 4 rings (SSSR count). The van der Waals surface area contributed by atoms with Crippen LogP contribution in [0, 0.1) is 5.82 Å². The maximum atomic E-state index is 13.4. The second-order valence-electron chi connectivity index (χ2n) is 9.06. The number of halogens is 2. The van der Waals surface area contributed by atoms with Crippen LogP contribution < -0.4 is 15.5 Å². The summed E-state index contributed by atoms with van der Waals surface area (Å²) in [6.45, 7) is 5.03. The van der Waals surface area contributed by atoms with E-state index in [9.17, 15) is 14.0 Å². The zero-order valence-corrected chi connectivity index (χ0v) is 20.4. The van der Waals surface area contributed by atoms with Crippen LogP contribution in [0.2, 0.25) is 5.02 Å². The van der Waals surface area contributed by atoms with Crippen molar-refractivity contribution in [3.63, 3.8) is 0 Å². The Morgan fingerprint density at radius 3 is 2.53 bits per heavy atom. The maximum absolute atomic E-state index is 13.4. The van der Waals surface area contributed by atoms with Gasteiger partial charge < -0.3 is 20.4 Å². The van der Waals surface area contributed by atoms with Gasteiger partial charge in [0.1, 0.15) is 5.82 Å². The predicted octanol–water partition coefficient (Wildman–Crippen LogP) is 2.90.